The average molecular weight is 361 g/mol. The van der Waals surface area contributed by atoms with E-state index in [-0.39, 0.29) is 41.8 Å². The van der Waals surface area contributed by atoms with Crippen LogP contribution in [0.1, 0.15) is 44.9 Å². The van der Waals surface area contributed by atoms with E-state index < -0.39 is 0 Å². The fourth-order valence-electron chi connectivity index (χ4n) is 3.88. The number of carbonyl (C=O) groups excluding carboxylic acids is 2. The zero-order chi connectivity index (χ0) is 18.1. The van der Waals surface area contributed by atoms with Gasteiger partial charge < -0.3 is 10.2 Å². The number of nitrogens with zero attached hydrogens (tertiary/aromatic N) is 1. The van der Waals surface area contributed by atoms with E-state index in [0.29, 0.717) is 12.2 Å². The van der Waals surface area contributed by atoms with E-state index in [0.717, 1.165) is 5.75 Å². The van der Waals surface area contributed by atoms with E-state index in [4.69, 9.17) is 0 Å². The molecule has 3 atom stereocenters. The molecule has 2 aliphatic rings. The molecule has 0 radical (unpaired) electrons. The number of amides is 1. The van der Waals surface area contributed by atoms with Crippen molar-refractivity contribution in [2.75, 3.05) is 11.5 Å². The minimum Gasteiger partial charge on any atom is -0.323 e. The minimum absolute atomic E-state index is 0.00545. The fourth-order valence-corrected chi connectivity index (χ4v) is 5.13. The van der Waals surface area contributed by atoms with Gasteiger partial charge in [0, 0.05) is 23.5 Å². The lowest BCUT2D eigenvalue weighted by molar-refractivity contribution is -0.144. The summed E-state index contributed by atoms with van der Waals surface area (Å²) >= 11 is 1.79. The summed E-state index contributed by atoms with van der Waals surface area (Å²) < 4.78 is 0. The van der Waals surface area contributed by atoms with E-state index in [2.05, 4.69) is 31.3 Å². The van der Waals surface area contributed by atoms with Crippen molar-refractivity contribution in [2.24, 2.45) is 5.92 Å². The molecule has 2 unspecified atom stereocenters. The lowest BCUT2D eigenvalue weighted by atomic mass is 9.96. The predicted molar refractivity (Wildman–Crippen MR) is 103 cm³/mol. The van der Waals surface area contributed by atoms with Crippen LogP contribution in [-0.4, -0.2) is 46.2 Å². The standard InChI is InChI=1S/C20H28N2O2S/c1-12(2)19(23)18-11-25-10-17-15-8-6-5-7-14(15)9-16(21-13(3)4)20(24)22(17)18/h5-8,12-13,16-18,21H,9-11H2,1-4H3/t16-,17?,18?/m0/s1. The topological polar surface area (TPSA) is 49.4 Å². The molecule has 25 heavy (non-hydrogen) atoms. The largest absolute Gasteiger partial charge is 0.323 e. The number of carbonyl (C=O) groups is 2. The summed E-state index contributed by atoms with van der Waals surface area (Å²) in [7, 11) is 0. The molecule has 1 saturated heterocycles. The number of nitrogens with one attached hydrogen (secondary N) is 1. The Balaban J connectivity index is 2.05. The van der Waals surface area contributed by atoms with E-state index >= 15 is 0 Å². The Morgan fingerprint density at radius 1 is 1.20 bits per heavy atom. The smallest absolute Gasteiger partial charge is 0.241 e. The van der Waals surface area contributed by atoms with Crippen molar-refractivity contribution in [3.05, 3.63) is 35.4 Å². The van der Waals surface area contributed by atoms with Gasteiger partial charge in [-0.2, -0.15) is 11.8 Å². The third-order valence-corrected chi connectivity index (χ3v) is 6.15. The first kappa shape index (κ1) is 18.5. The Labute approximate surface area is 154 Å². The second kappa shape index (κ2) is 7.50. The lowest BCUT2D eigenvalue weighted by Gasteiger charge is -2.42. The molecule has 0 aromatic heterocycles. The van der Waals surface area contributed by atoms with E-state index in [1.54, 1.807) is 11.8 Å². The number of rotatable bonds is 4. The van der Waals surface area contributed by atoms with Gasteiger partial charge in [-0.3, -0.25) is 9.59 Å². The highest BCUT2D eigenvalue weighted by Crippen LogP contribution is 2.38. The number of ketones is 1. The van der Waals surface area contributed by atoms with Crippen LogP contribution in [0, 0.1) is 5.92 Å². The summed E-state index contributed by atoms with van der Waals surface area (Å²) in [5.41, 5.74) is 2.43. The molecule has 1 fully saturated rings. The Bertz CT molecular complexity index is 659. The van der Waals surface area contributed by atoms with Crippen molar-refractivity contribution in [3.63, 3.8) is 0 Å². The second-order valence-corrected chi connectivity index (χ2v) is 8.72. The molecule has 136 valence electrons. The van der Waals surface area contributed by atoms with Gasteiger partial charge in [0.1, 0.15) is 6.04 Å². The first-order valence-electron chi connectivity index (χ1n) is 9.17. The molecule has 1 aromatic rings. The number of hydrogen-bond acceptors (Lipinski definition) is 4. The molecule has 4 nitrogen and oxygen atoms in total. The zero-order valence-corrected chi connectivity index (χ0v) is 16.3. The molecule has 1 aromatic carbocycles. The number of thioether (sulfide) groups is 1. The van der Waals surface area contributed by atoms with Crippen LogP contribution >= 0.6 is 11.8 Å². The molecule has 1 amide bonds. The summed E-state index contributed by atoms with van der Waals surface area (Å²) in [6.45, 7) is 7.97. The SMILES string of the molecule is CC(C)N[C@H]1Cc2ccccc2C2CSCC(C(=O)C(C)C)N2C1=O. The molecule has 0 bridgehead atoms. The number of hydrogen-bond donors (Lipinski definition) is 1. The minimum atomic E-state index is -0.320. The van der Waals surface area contributed by atoms with E-state index in [9.17, 15) is 9.59 Å². The van der Waals surface area contributed by atoms with Crippen LogP contribution in [0.4, 0.5) is 0 Å². The van der Waals surface area contributed by atoms with Crippen LogP contribution in [0.25, 0.3) is 0 Å². The predicted octanol–water partition coefficient (Wildman–Crippen LogP) is 2.82. The first-order valence-corrected chi connectivity index (χ1v) is 10.3. The van der Waals surface area contributed by atoms with Crippen LogP contribution in [0.15, 0.2) is 24.3 Å². The maximum Gasteiger partial charge on any atom is 0.241 e. The molecule has 0 aliphatic carbocycles. The quantitative estimate of drug-likeness (QED) is 0.897. The maximum absolute atomic E-state index is 13.4. The molecule has 5 heteroatoms. The molecule has 2 heterocycles. The van der Waals surface area contributed by atoms with Crippen molar-refractivity contribution < 1.29 is 9.59 Å². The van der Waals surface area contributed by atoms with Crippen LogP contribution < -0.4 is 5.32 Å². The summed E-state index contributed by atoms with van der Waals surface area (Å²) in [6, 6.07) is 7.95. The van der Waals surface area contributed by atoms with Gasteiger partial charge in [-0.15, -0.1) is 0 Å². The van der Waals surface area contributed by atoms with E-state index in [1.165, 1.54) is 11.1 Å². The van der Waals surface area contributed by atoms with Crippen LogP contribution in [0.5, 0.6) is 0 Å². The molecular formula is C20H28N2O2S. The normalized spacial score (nSPS) is 26.4. The van der Waals surface area contributed by atoms with Crippen molar-refractivity contribution in [1.29, 1.82) is 0 Å². The Kier molecular flexibility index (Phi) is 5.54. The van der Waals surface area contributed by atoms with Crippen molar-refractivity contribution in [3.8, 4) is 0 Å². The Morgan fingerprint density at radius 2 is 1.92 bits per heavy atom. The Morgan fingerprint density at radius 3 is 2.60 bits per heavy atom. The summed E-state index contributed by atoms with van der Waals surface area (Å²) in [5, 5.41) is 3.42. The molecule has 0 spiro atoms. The van der Waals surface area contributed by atoms with Gasteiger partial charge in [0.05, 0.1) is 12.1 Å². The van der Waals surface area contributed by atoms with Gasteiger partial charge in [0.15, 0.2) is 5.78 Å². The van der Waals surface area contributed by atoms with Crippen LogP contribution in [-0.2, 0) is 16.0 Å². The number of fused-ring (bicyclic) bond motifs is 3. The van der Waals surface area contributed by atoms with Gasteiger partial charge in [0.2, 0.25) is 5.91 Å². The van der Waals surface area contributed by atoms with Crippen molar-refractivity contribution in [1.82, 2.24) is 10.2 Å². The highest BCUT2D eigenvalue weighted by atomic mass is 32.2. The molecule has 3 rings (SSSR count). The third kappa shape index (κ3) is 3.63. The molecule has 0 saturated carbocycles. The second-order valence-electron chi connectivity index (χ2n) is 7.65. The number of Topliss-reactive ketones (excluding diaryl/α,β-unsaturated/α-hetero) is 1. The highest BCUT2D eigenvalue weighted by Gasteiger charge is 2.44. The van der Waals surface area contributed by atoms with Gasteiger partial charge in [-0.1, -0.05) is 52.0 Å². The first-order chi connectivity index (χ1) is 11.9. The number of benzene rings is 1. The van der Waals surface area contributed by atoms with Gasteiger partial charge >= 0.3 is 0 Å². The molecular weight excluding hydrogens is 332 g/mol. The Hall–Kier alpha value is -1.33. The summed E-state index contributed by atoms with van der Waals surface area (Å²) in [4.78, 5) is 28.2. The van der Waals surface area contributed by atoms with Gasteiger partial charge in [-0.25, -0.2) is 0 Å². The van der Waals surface area contributed by atoms with Crippen LogP contribution in [0.2, 0.25) is 0 Å². The third-order valence-electron chi connectivity index (χ3n) is 5.05. The molecule has 1 N–H and O–H groups in total. The lowest BCUT2D eigenvalue weighted by Crippen LogP contribution is -2.57. The monoisotopic (exact) mass is 360 g/mol. The average Bonchev–Trinajstić information content (AvgIpc) is 2.69. The van der Waals surface area contributed by atoms with Crippen molar-refractivity contribution >= 4 is 23.5 Å². The van der Waals surface area contributed by atoms with Crippen molar-refractivity contribution in [2.45, 2.75) is 58.3 Å². The van der Waals surface area contributed by atoms with Gasteiger partial charge in [-0.05, 0) is 17.5 Å². The zero-order valence-electron chi connectivity index (χ0n) is 15.5. The van der Waals surface area contributed by atoms with Crippen LogP contribution in [0.3, 0.4) is 0 Å². The highest BCUT2D eigenvalue weighted by molar-refractivity contribution is 7.99. The van der Waals surface area contributed by atoms with Gasteiger partial charge in [0.25, 0.3) is 0 Å². The van der Waals surface area contributed by atoms with E-state index in [1.807, 2.05) is 30.9 Å². The summed E-state index contributed by atoms with van der Waals surface area (Å²) in [6.07, 6.45) is 0.688. The summed E-state index contributed by atoms with van der Waals surface area (Å²) in [5.74, 6) is 1.75. The molecule has 2 aliphatic heterocycles. The fraction of sp³-hybridized carbons (Fsp3) is 0.600. The maximum atomic E-state index is 13.4.